The molecule has 4 aromatic carbocycles. The first-order valence-electron chi connectivity index (χ1n) is 10.0. The summed E-state index contributed by atoms with van der Waals surface area (Å²) in [5, 5.41) is 17.3. The van der Waals surface area contributed by atoms with E-state index in [-0.39, 0.29) is 23.8 Å². The van der Waals surface area contributed by atoms with E-state index in [4.69, 9.17) is 14.5 Å². The molecular weight excluding hydrogens is 406 g/mol. The average Bonchev–Trinajstić information content (AvgIpc) is 2.83. The van der Waals surface area contributed by atoms with Crippen LogP contribution in [0.15, 0.2) is 83.9 Å². The number of nitro groups is 1. The maximum atomic E-state index is 11.9. The van der Waals surface area contributed by atoms with Crippen molar-refractivity contribution >= 4 is 33.7 Å². The Balaban J connectivity index is 1.57. The van der Waals surface area contributed by atoms with Gasteiger partial charge in [0.05, 0.1) is 17.7 Å². The summed E-state index contributed by atoms with van der Waals surface area (Å²) in [5.74, 6) is 0.864. The molecule has 158 valence electrons. The minimum absolute atomic E-state index is 0.0871. The molecule has 1 aliphatic heterocycles. The highest BCUT2D eigenvalue weighted by Crippen LogP contribution is 2.41. The molecular formula is C25H19N3O4. The van der Waals surface area contributed by atoms with Crippen molar-refractivity contribution in [2.45, 2.75) is 6.61 Å². The second-order valence-electron chi connectivity index (χ2n) is 7.32. The highest BCUT2D eigenvalue weighted by molar-refractivity contribution is 6.19. The van der Waals surface area contributed by atoms with E-state index in [1.807, 2.05) is 66.7 Å². The van der Waals surface area contributed by atoms with Gasteiger partial charge in [-0.1, -0.05) is 54.6 Å². The van der Waals surface area contributed by atoms with E-state index < -0.39 is 4.92 Å². The largest absolute Gasteiger partial charge is 0.493 e. The van der Waals surface area contributed by atoms with Gasteiger partial charge in [-0.2, -0.15) is 0 Å². The minimum Gasteiger partial charge on any atom is -0.493 e. The summed E-state index contributed by atoms with van der Waals surface area (Å²) in [6.07, 6.45) is 0. The predicted molar refractivity (Wildman–Crippen MR) is 124 cm³/mol. The van der Waals surface area contributed by atoms with Gasteiger partial charge in [0.25, 0.3) is 0 Å². The number of hydrogen-bond acceptors (Lipinski definition) is 6. The third-order valence-electron chi connectivity index (χ3n) is 5.32. The molecule has 0 unspecified atom stereocenters. The van der Waals surface area contributed by atoms with Crippen LogP contribution in [0.5, 0.6) is 11.5 Å². The van der Waals surface area contributed by atoms with Crippen molar-refractivity contribution < 1.29 is 14.4 Å². The van der Waals surface area contributed by atoms with Crippen molar-refractivity contribution in [3.8, 4) is 11.5 Å². The van der Waals surface area contributed by atoms with E-state index in [9.17, 15) is 10.1 Å². The topological polar surface area (TPSA) is 86.0 Å². The number of hydrogen-bond donors (Lipinski definition) is 1. The molecule has 0 amide bonds. The minimum atomic E-state index is -0.468. The molecule has 7 nitrogen and oxygen atoms in total. The summed E-state index contributed by atoms with van der Waals surface area (Å²) in [5.41, 5.74) is 2.95. The first-order chi connectivity index (χ1) is 15.6. The number of anilines is 1. The van der Waals surface area contributed by atoms with Crippen LogP contribution in [0.3, 0.4) is 0 Å². The molecule has 1 heterocycles. The maximum Gasteiger partial charge on any atom is 0.315 e. The molecule has 4 aromatic rings. The molecule has 1 aliphatic rings. The number of nitrogens with zero attached hydrogens (tertiary/aromatic N) is 2. The first kappa shape index (κ1) is 19.6. The monoisotopic (exact) mass is 425 g/mol. The van der Waals surface area contributed by atoms with Gasteiger partial charge in [0.1, 0.15) is 12.4 Å². The summed E-state index contributed by atoms with van der Waals surface area (Å²) >= 11 is 0. The zero-order valence-corrected chi connectivity index (χ0v) is 17.2. The van der Waals surface area contributed by atoms with Crippen molar-refractivity contribution in [3.63, 3.8) is 0 Å². The van der Waals surface area contributed by atoms with Gasteiger partial charge in [-0.05, 0) is 29.1 Å². The van der Waals surface area contributed by atoms with E-state index in [0.29, 0.717) is 11.4 Å². The van der Waals surface area contributed by atoms with E-state index in [1.165, 1.54) is 13.2 Å². The molecule has 7 heteroatoms. The summed E-state index contributed by atoms with van der Waals surface area (Å²) in [6, 6.07) is 24.5. The van der Waals surface area contributed by atoms with Gasteiger partial charge in [0.15, 0.2) is 5.75 Å². The number of ether oxygens (including phenoxy) is 2. The summed E-state index contributed by atoms with van der Waals surface area (Å²) in [7, 11) is 1.46. The van der Waals surface area contributed by atoms with Gasteiger partial charge >= 0.3 is 5.69 Å². The lowest BCUT2D eigenvalue weighted by Crippen LogP contribution is -2.17. The number of rotatable bonds is 6. The van der Waals surface area contributed by atoms with Crippen LogP contribution >= 0.6 is 0 Å². The van der Waals surface area contributed by atoms with Gasteiger partial charge in [0, 0.05) is 22.7 Å². The van der Waals surface area contributed by atoms with Crippen LogP contribution in [0.1, 0.15) is 11.1 Å². The number of methoxy groups -OCH3 is 1. The molecule has 0 aliphatic carbocycles. The smallest absolute Gasteiger partial charge is 0.315 e. The lowest BCUT2D eigenvalue weighted by molar-refractivity contribution is -0.386. The Hall–Kier alpha value is -4.39. The van der Waals surface area contributed by atoms with Crippen molar-refractivity contribution in [1.29, 1.82) is 0 Å². The molecule has 1 N–H and O–H groups in total. The van der Waals surface area contributed by atoms with Crippen molar-refractivity contribution in [2.24, 2.45) is 4.99 Å². The van der Waals surface area contributed by atoms with Gasteiger partial charge in [-0.15, -0.1) is 0 Å². The molecule has 0 aromatic heterocycles. The first-order valence-corrected chi connectivity index (χ1v) is 10.0. The average molecular weight is 425 g/mol. The van der Waals surface area contributed by atoms with Crippen LogP contribution in [-0.4, -0.2) is 17.9 Å². The second kappa shape index (κ2) is 8.03. The van der Waals surface area contributed by atoms with Crippen molar-refractivity contribution in [2.75, 3.05) is 12.4 Å². The van der Waals surface area contributed by atoms with E-state index in [1.54, 1.807) is 6.07 Å². The third kappa shape index (κ3) is 3.50. The summed E-state index contributed by atoms with van der Waals surface area (Å²) < 4.78 is 11.3. The quantitative estimate of drug-likeness (QED) is 0.310. The Morgan fingerprint density at radius 1 is 1.00 bits per heavy atom. The number of amidine groups is 1. The van der Waals surface area contributed by atoms with Gasteiger partial charge in [0.2, 0.25) is 5.75 Å². The van der Waals surface area contributed by atoms with Gasteiger partial charge in [-0.3, -0.25) is 10.1 Å². The lowest BCUT2D eigenvalue weighted by Gasteiger charge is -2.20. The van der Waals surface area contributed by atoms with Gasteiger partial charge in [-0.25, -0.2) is 4.99 Å². The Labute approximate surface area is 184 Å². The van der Waals surface area contributed by atoms with Crippen LogP contribution in [-0.2, 0) is 6.61 Å². The Morgan fingerprint density at radius 2 is 1.78 bits per heavy atom. The molecule has 32 heavy (non-hydrogen) atoms. The standard InChI is InChI=1S/C25H19N3O4/c1-31-22-14-18(13-21(28(29)30)24(22)32-15-16-7-3-2-4-8-16)25-26-19-11-5-9-17-10-6-12-20(27-25)23(17)19/h2-14H,15H2,1H3,(H,26,27). The molecule has 0 saturated heterocycles. The predicted octanol–water partition coefficient (Wildman–Crippen LogP) is 5.84. The fourth-order valence-electron chi connectivity index (χ4n) is 3.82. The molecule has 0 atom stereocenters. The van der Waals surface area contributed by atoms with Crippen LogP contribution in [0.2, 0.25) is 0 Å². The van der Waals surface area contributed by atoms with E-state index in [0.717, 1.165) is 27.7 Å². The fourth-order valence-corrected chi connectivity index (χ4v) is 3.82. The van der Waals surface area contributed by atoms with Crippen LogP contribution < -0.4 is 14.8 Å². The SMILES string of the molecule is COc1cc(C2=Nc3cccc4cccc(c34)N2)cc([N+](=O)[O-])c1OCc1ccccc1. The molecule has 0 radical (unpaired) electrons. The Kier molecular flexibility index (Phi) is 4.91. The van der Waals surface area contributed by atoms with Crippen molar-refractivity contribution in [1.82, 2.24) is 0 Å². The highest BCUT2D eigenvalue weighted by atomic mass is 16.6. The van der Waals surface area contributed by atoms with Gasteiger partial charge < -0.3 is 14.8 Å². The third-order valence-corrected chi connectivity index (χ3v) is 5.32. The van der Waals surface area contributed by atoms with E-state index >= 15 is 0 Å². The Morgan fingerprint density at radius 3 is 2.53 bits per heavy atom. The molecule has 0 fully saturated rings. The van der Waals surface area contributed by atoms with E-state index in [2.05, 4.69) is 5.32 Å². The highest BCUT2D eigenvalue weighted by Gasteiger charge is 2.25. The van der Waals surface area contributed by atoms with Crippen LogP contribution in [0.4, 0.5) is 17.1 Å². The Bertz CT molecular complexity index is 1360. The second-order valence-corrected chi connectivity index (χ2v) is 7.32. The molecule has 5 rings (SSSR count). The zero-order chi connectivity index (χ0) is 22.1. The van der Waals surface area contributed by atoms with Crippen LogP contribution in [0.25, 0.3) is 10.8 Å². The number of nitro benzene ring substituents is 1. The normalized spacial score (nSPS) is 12.1. The van der Waals surface area contributed by atoms with Crippen LogP contribution in [0, 0.1) is 10.1 Å². The zero-order valence-electron chi connectivity index (χ0n) is 17.2. The summed E-state index contributed by atoms with van der Waals surface area (Å²) in [4.78, 5) is 16.1. The maximum absolute atomic E-state index is 11.9. The fraction of sp³-hybridized carbons (Fsp3) is 0.0800. The van der Waals surface area contributed by atoms with Crippen molar-refractivity contribution in [3.05, 3.63) is 100 Å². The number of benzene rings is 4. The molecule has 0 bridgehead atoms. The molecule has 0 spiro atoms. The molecule has 0 saturated carbocycles. The number of nitrogens with one attached hydrogen (secondary N) is 1. The summed E-state index contributed by atoms with van der Waals surface area (Å²) in [6.45, 7) is 0.186. The number of aliphatic imine (C=N–C) groups is 1. The lowest BCUT2D eigenvalue weighted by atomic mass is 10.0.